The highest BCUT2D eigenvalue weighted by atomic mass is 14.9. The summed E-state index contributed by atoms with van der Waals surface area (Å²) in [6.07, 6.45) is 9.27. The number of hydrogen-bond acceptors (Lipinski definition) is 1. The molecular weight excluding hydrogens is 170 g/mol. The first kappa shape index (κ1) is 9.21. The molecule has 1 nitrogen and oxygen atoms in total. The van der Waals surface area contributed by atoms with Gasteiger partial charge in [0.2, 0.25) is 0 Å². The summed E-state index contributed by atoms with van der Waals surface area (Å²) in [4.78, 5) is 0. The van der Waals surface area contributed by atoms with E-state index in [4.69, 9.17) is 0 Å². The summed E-state index contributed by atoms with van der Waals surface area (Å²) in [5.41, 5.74) is 0.752. The van der Waals surface area contributed by atoms with Gasteiger partial charge in [0.05, 0.1) is 0 Å². The van der Waals surface area contributed by atoms with Crippen molar-refractivity contribution in [3.05, 3.63) is 0 Å². The third-order valence-electron chi connectivity index (χ3n) is 5.10. The van der Waals surface area contributed by atoms with Crippen LogP contribution in [0.15, 0.2) is 0 Å². The average molecular weight is 193 g/mol. The molecule has 2 atom stereocenters. The standard InChI is InChI=1S/C13H23N/c1-2-14-9-13(12-4-3-5-12)7-10-6-11(10)8-13/h10-12,14H,2-9H2,1H3. The van der Waals surface area contributed by atoms with Gasteiger partial charge >= 0.3 is 0 Å². The summed E-state index contributed by atoms with van der Waals surface area (Å²) in [5.74, 6) is 3.39. The van der Waals surface area contributed by atoms with Crippen molar-refractivity contribution in [2.75, 3.05) is 13.1 Å². The number of rotatable bonds is 4. The highest BCUT2D eigenvalue weighted by Crippen LogP contribution is 2.64. The first-order valence-corrected chi connectivity index (χ1v) is 6.55. The SMILES string of the molecule is CCNCC1(C2CCC2)CC2CC2C1. The molecule has 0 aromatic carbocycles. The normalized spacial score (nSPS) is 46.1. The molecule has 0 heterocycles. The van der Waals surface area contributed by atoms with E-state index in [1.54, 1.807) is 19.3 Å². The Kier molecular flexibility index (Phi) is 2.12. The van der Waals surface area contributed by atoms with Crippen LogP contribution in [-0.4, -0.2) is 13.1 Å². The molecule has 80 valence electrons. The Morgan fingerprint density at radius 1 is 1.21 bits per heavy atom. The van der Waals surface area contributed by atoms with E-state index in [1.807, 2.05) is 0 Å². The zero-order valence-corrected chi connectivity index (χ0v) is 9.39. The predicted molar refractivity (Wildman–Crippen MR) is 59.1 cm³/mol. The molecule has 3 rings (SSSR count). The summed E-state index contributed by atoms with van der Waals surface area (Å²) in [5, 5.41) is 3.62. The van der Waals surface area contributed by atoms with Crippen LogP contribution >= 0.6 is 0 Å². The molecule has 1 N–H and O–H groups in total. The lowest BCUT2D eigenvalue weighted by molar-refractivity contribution is 0.0743. The van der Waals surface area contributed by atoms with Gasteiger partial charge in [0, 0.05) is 6.54 Å². The molecule has 2 unspecified atom stereocenters. The average Bonchev–Trinajstić information content (AvgIpc) is 2.69. The zero-order chi connectivity index (χ0) is 9.60. The zero-order valence-electron chi connectivity index (χ0n) is 9.39. The van der Waals surface area contributed by atoms with Crippen LogP contribution in [0.5, 0.6) is 0 Å². The first-order valence-electron chi connectivity index (χ1n) is 6.55. The molecule has 0 saturated heterocycles. The van der Waals surface area contributed by atoms with Crippen LogP contribution in [0.2, 0.25) is 0 Å². The Labute approximate surface area is 87.7 Å². The third-order valence-corrected chi connectivity index (χ3v) is 5.10. The maximum Gasteiger partial charge on any atom is 0.00106 e. The fourth-order valence-electron chi connectivity index (χ4n) is 3.95. The second kappa shape index (κ2) is 3.23. The van der Waals surface area contributed by atoms with Crippen molar-refractivity contribution in [3.8, 4) is 0 Å². The molecule has 14 heavy (non-hydrogen) atoms. The third kappa shape index (κ3) is 1.32. The molecule has 0 spiro atoms. The van der Waals surface area contributed by atoms with Crippen LogP contribution in [0.25, 0.3) is 0 Å². The maximum atomic E-state index is 3.62. The van der Waals surface area contributed by atoms with Crippen LogP contribution in [0.3, 0.4) is 0 Å². The summed E-state index contributed by atoms with van der Waals surface area (Å²) in [6, 6.07) is 0. The first-order chi connectivity index (χ1) is 6.84. The molecule has 3 aliphatic rings. The van der Waals surface area contributed by atoms with Crippen molar-refractivity contribution >= 4 is 0 Å². The minimum atomic E-state index is 0.752. The van der Waals surface area contributed by atoms with E-state index in [-0.39, 0.29) is 0 Å². The molecule has 0 amide bonds. The quantitative estimate of drug-likeness (QED) is 0.724. The number of hydrogen-bond donors (Lipinski definition) is 1. The maximum absolute atomic E-state index is 3.62. The smallest absolute Gasteiger partial charge is 0.00106 e. The lowest BCUT2D eigenvalue weighted by Gasteiger charge is -2.44. The van der Waals surface area contributed by atoms with Crippen molar-refractivity contribution < 1.29 is 0 Å². The lowest BCUT2D eigenvalue weighted by Crippen LogP contribution is -2.42. The molecule has 3 saturated carbocycles. The molecule has 0 aromatic rings. The second-order valence-electron chi connectivity index (χ2n) is 5.93. The van der Waals surface area contributed by atoms with E-state index in [0.29, 0.717) is 0 Å². The van der Waals surface area contributed by atoms with Crippen molar-refractivity contribution in [2.24, 2.45) is 23.2 Å². The van der Waals surface area contributed by atoms with Crippen LogP contribution < -0.4 is 5.32 Å². The van der Waals surface area contributed by atoms with Gasteiger partial charge in [-0.1, -0.05) is 13.3 Å². The predicted octanol–water partition coefficient (Wildman–Crippen LogP) is 2.81. The Bertz CT molecular complexity index is 209. The molecule has 0 aliphatic heterocycles. The molecular formula is C13H23N. The highest BCUT2D eigenvalue weighted by Gasteiger charge is 2.56. The summed E-state index contributed by atoms with van der Waals surface area (Å²) in [7, 11) is 0. The van der Waals surface area contributed by atoms with Gasteiger partial charge in [0.15, 0.2) is 0 Å². The van der Waals surface area contributed by atoms with Gasteiger partial charge in [-0.25, -0.2) is 0 Å². The van der Waals surface area contributed by atoms with Crippen LogP contribution in [0, 0.1) is 23.2 Å². The monoisotopic (exact) mass is 193 g/mol. The van der Waals surface area contributed by atoms with Crippen LogP contribution in [0.1, 0.15) is 45.4 Å². The van der Waals surface area contributed by atoms with Gasteiger partial charge in [-0.05, 0) is 61.8 Å². The van der Waals surface area contributed by atoms with E-state index >= 15 is 0 Å². The minimum Gasteiger partial charge on any atom is -0.316 e. The number of nitrogens with one attached hydrogen (secondary N) is 1. The fourth-order valence-corrected chi connectivity index (χ4v) is 3.95. The van der Waals surface area contributed by atoms with Gasteiger partial charge in [0.25, 0.3) is 0 Å². The number of fused-ring (bicyclic) bond motifs is 1. The van der Waals surface area contributed by atoms with Gasteiger partial charge in [0.1, 0.15) is 0 Å². The van der Waals surface area contributed by atoms with E-state index in [9.17, 15) is 0 Å². The van der Waals surface area contributed by atoms with Gasteiger partial charge in [-0.3, -0.25) is 0 Å². The molecule has 0 bridgehead atoms. The van der Waals surface area contributed by atoms with E-state index in [2.05, 4.69) is 12.2 Å². The molecule has 0 radical (unpaired) electrons. The largest absolute Gasteiger partial charge is 0.316 e. The van der Waals surface area contributed by atoms with Crippen molar-refractivity contribution in [1.29, 1.82) is 0 Å². The summed E-state index contributed by atoms with van der Waals surface area (Å²) < 4.78 is 0. The Balaban J connectivity index is 1.67. The fraction of sp³-hybridized carbons (Fsp3) is 1.00. The van der Waals surface area contributed by atoms with Gasteiger partial charge in [-0.15, -0.1) is 0 Å². The highest BCUT2D eigenvalue weighted by molar-refractivity contribution is 5.07. The summed E-state index contributed by atoms with van der Waals surface area (Å²) in [6.45, 7) is 4.72. The van der Waals surface area contributed by atoms with Gasteiger partial charge < -0.3 is 5.32 Å². The molecule has 3 fully saturated rings. The second-order valence-corrected chi connectivity index (χ2v) is 5.93. The Hall–Kier alpha value is -0.0400. The van der Waals surface area contributed by atoms with Crippen molar-refractivity contribution in [3.63, 3.8) is 0 Å². The van der Waals surface area contributed by atoms with Crippen molar-refractivity contribution in [2.45, 2.75) is 45.4 Å². The topological polar surface area (TPSA) is 12.0 Å². The minimum absolute atomic E-state index is 0.752. The van der Waals surface area contributed by atoms with E-state index < -0.39 is 0 Å². The van der Waals surface area contributed by atoms with Crippen LogP contribution in [0.4, 0.5) is 0 Å². The Morgan fingerprint density at radius 2 is 1.93 bits per heavy atom. The molecule has 1 heteroatoms. The molecule has 0 aromatic heterocycles. The lowest BCUT2D eigenvalue weighted by atomic mass is 9.63. The molecule has 3 aliphatic carbocycles. The van der Waals surface area contributed by atoms with Gasteiger partial charge in [-0.2, -0.15) is 0 Å². The van der Waals surface area contributed by atoms with Crippen LogP contribution in [-0.2, 0) is 0 Å². The Morgan fingerprint density at radius 3 is 2.43 bits per heavy atom. The summed E-state index contributed by atoms with van der Waals surface area (Å²) >= 11 is 0. The van der Waals surface area contributed by atoms with E-state index in [1.165, 1.54) is 25.8 Å². The van der Waals surface area contributed by atoms with Crippen molar-refractivity contribution in [1.82, 2.24) is 5.32 Å². The van der Waals surface area contributed by atoms with E-state index in [0.717, 1.165) is 29.7 Å².